The fourth-order valence-electron chi connectivity index (χ4n) is 1.23. The Morgan fingerprint density at radius 1 is 1.60 bits per heavy atom. The first-order valence-electron chi connectivity index (χ1n) is 4.57. The number of anilines is 1. The molecule has 0 heterocycles. The summed E-state index contributed by atoms with van der Waals surface area (Å²) >= 11 is 3.32. The summed E-state index contributed by atoms with van der Waals surface area (Å²) in [6.07, 6.45) is 5.86. The Balaban J connectivity index is 2.87. The maximum absolute atomic E-state index is 8.93. The lowest BCUT2D eigenvalue weighted by Crippen LogP contribution is -2.14. The van der Waals surface area contributed by atoms with Crippen molar-refractivity contribution in [1.29, 1.82) is 5.26 Å². The van der Waals surface area contributed by atoms with E-state index in [2.05, 4.69) is 33.2 Å². The summed E-state index contributed by atoms with van der Waals surface area (Å²) in [6.45, 7) is 1.99. The number of terminal acetylenes is 1. The number of hydrogen-bond acceptors (Lipinski definition) is 2. The van der Waals surface area contributed by atoms with E-state index in [-0.39, 0.29) is 6.04 Å². The molecule has 1 aromatic carbocycles. The second-order valence-electron chi connectivity index (χ2n) is 3.26. The van der Waals surface area contributed by atoms with Crippen LogP contribution in [0.2, 0.25) is 0 Å². The van der Waals surface area contributed by atoms with E-state index in [0.717, 1.165) is 10.2 Å². The maximum atomic E-state index is 8.93. The van der Waals surface area contributed by atoms with E-state index >= 15 is 0 Å². The van der Waals surface area contributed by atoms with Gasteiger partial charge in [-0.1, -0.05) is 15.9 Å². The van der Waals surface area contributed by atoms with Crippen LogP contribution in [0.25, 0.3) is 0 Å². The van der Waals surface area contributed by atoms with E-state index in [0.29, 0.717) is 12.0 Å². The van der Waals surface area contributed by atoms with Crippen molar-refractivity contribution in [3.63, 3.8) is 0 Å². The second kappa shape index (κ2) is 5.44. The Kier molecular flexibility index (Phi) is 4.21. The summed E-state index contributed by atoms with van der Waals surface area (Å²) < 4.78 is 0.897. The second-order valence-corrected chi connectivity index (χ2v) is 4.17. The zero-order valence-electron chi connectivity index (χ0n) is 8.42. The first-order valence-corrected chi connectivity index (χ1v) is 5.36. The SMILES string of the molecule is C#CCC(C)Nc1ccc(Br)cc1C#N. The number of benzene rings is 1. The highest BCUT2D eigenvalue weighted by Gasteiger charge is 2.05. The molecular formula is C12H11BrN2. The molecule has 2 nitrogen and oxygen atoms in total. The molecule has 0 aromatic heterocycles. The van der Waals surface area contributed by atoms with Crippen LogP contribution >= 0.6 is 15.9 Å². The first kappa shape index (κ1) is 11.6. The molecule has 0 radical (unpaired) electrons. The molecule has 15 heavy (non-hydrogen) atoms. The lowest BCUT2D eigenvalue weighted by molar-refractivity contribution is 0.828. The van der Waals surface area contributed by atoms with E-state index in [1.807, 2.05) is 19.1 Å². The summed E-state index contributed by atoms with van der Waals surface area (Å²) in [6, 6.07) is 7.86. The van der Waals surface area contributed by atoms with Gasteiger partial charge in [-0.3, -0.25) is 0 Å². The summed E-state index contributed by atoms with van der Waals surface area (Å²) in [5.41, 5.74) is 1.44. The van der Waals surface area contributed by atoms with E-state index < -0.39 is 0 Å². The van der Waals surface area contributed by atoms with Crippen molar-refractivity contribution in [1.82, 2.24) is 0 Å². The molecule has 3 heteroatoms. The minimum absolute atomic E-state index is 0.170. The largest absolute Gasteiger partial charge is 0.381 e. The number of hydrogen-bond donors (Lipinski definition) is 1. The van der Waals surface area contributed by atoms with Crippen molar-refractivity contribution >= 4 is 21.6 Å². The van der Waals surface area contributed by atoms with E-state index in [1.165, 1.54) is 0 Å². The molecule has 0 aliphatic heterocycles. The number of halogens is 1. The van der Waals surface area contributed by atoms with Gasteiger partial charge >= 0.3 is 0 Å². The lowest BCUT2D eigenvalue weighted by Gasteiger charge is -2.13. The molecule has 0 amide bonds. The summed E-state index contributed by atoms with van der Waals surface area (Å²) in [4.78, 5) is 0. The topological polar surface area (TPSA) is 35.8 Å². The summed E-state index contributed by atoms with van der Waals surface area (Å²) in [5, 5.41) is 12.1. The molecule has 76 valence electrons. The van der Waals surface area contributed by atoms with Crippen molar-refractivity contribution in [2.45, 2.75) is 19.4 Å². The highest BCUT2D eigenvalue weighted by atomic mass is 79.9. The number of nitriles is 1. The predicted octanol–water partition coefficient (Wildman–Crippen LogP) is 3.14. The molecule has 1 aromatic rings. The van der Waals surface area contributed by atoms with Crippen LogP contribution in [0.15, 0.2) is 22.7 Å². The molecule has 0 saturated heterocycles. The third-order valence-electron chi connectivity index (χ3n) is 1.93. The van der Waals surface area contributed by atoms with Gasteiger partial charge in [0.15, 0.2) is 0 Å². The quantitative estimate of drug-likeness (QED) is 0.850. The third-order valence-corrected chi connectivity index (χ3v) is 2.42. The minimum Gasteiger partial charge on any atom is -0.381 e. The Labute approximate surface area is 98.4 Å². The summed E-state index contributed by atoms with van der Waals surface area (Å²) in [5.74, 6) is 2.58. The van der Waals surface area contributed by atoms with E-state index in [4.69, 9.17) is 11.7 Å². The smallest absolute Gasteiger partial charge is 0.101 e. The van der Waals surface area contributed by atoms with Gasteiger partial charge in [0.25, 0.3) is 0 Å². The van der Waals surface area contributed by atoms with Gasteiger partial charge in [-0.15, -0.1) is 12.3 Å². The first-order chi connectivity index (χ1) is 7.17. The molecule has 1 rings (SSSR count). The van der Waals surface area contributed by atoms with Crippen LogP contribution in [-0.2, 0) is 0 Å². The molecule has 0 aliphatic rings. The van der Waals surface area contributed by atoms with Crippen LogP contribution in [0.4, 0.5) is 5.69 Å². The van der Waals surface area contributed by atoms with E-state index in [1.54, 1.807) is 6.07 Å². The van der Waals surface area contributed by atoms with Crippen LogP contribution in [0.1, 0.15) is 18.9 Å². The van der Waals surface area contributed by atoms with Crippen molar-refractivity contribution in [2.24, 2.45) is 0 Å². The average molecular weight is 263 g/mol. The normalized spacial score (nSPS) is 11.2. The Bertz CT molecular complexity index is 426. The van der Waals surface area contributed by atoms with Crippen LogP contribution in [-0.4, -0.2) is 6.04 Å². The van der Waals surface area contributed by atoms with Crippen LogP contribution < -0.4 is 5.32 Å². The van der Waals surface area contributed by atoms with Crippen LogP contribution in [0.5, 0.6) is 0 Å². The number of nitrogens with zero attached hydrogens (tertiary/aromatic N) is 1. The zero-order valence-corrected chi connectivity index (χ0v) is 10.0. The molecule has 1 unspecified atom stereocenters. The van der Waals surface area contributed by atoms with Gasteiger partial charge in [0, 0.05) is 16.9 Å². The molecular weight excluding hydrogens is 252 g/mol. The van der Waals surface area contributed by atoms with Crippen molar-refractivity contribution in [2.75, 3.05) is 5.32 Å². The van der Waals surface area contributed by atoms with Gasteiger partial charge in [-0.25, -0.2) is 0 Å². The highest BCUT2D eigenvalue weighted by molar-refractivity contribution is 9.10. The molecule has 0 spiro atoms. The molecule has 0 aliphatic carbocycles. The minimum atomic E-state index is 0.170. The van der Waals surface area contributed by atoms with Gasteiger partial charge in [-0.05, 0) is 25.1 Å². The number of nitrogens with one attached hydrogen (secondary N) is 1. The highest BCUT2D eigenvalue weighted by Crippen LogP contribution is 2.21. The Morgan fingerprint density at radius 3 is 2.93 bits per heavy atom. The summed E-state index contributed by atoms with van der Waals surface area (Å²) in [7, 11) is 0. The van der Waals surface area contributed by atoms with Crippen molar-refractivity contribution in [3.05, 3.63) is 28.2 Å². The maximum Gasteiger partial charge on any atom is 0.101 e. The monoisotopic (exact) mass is 262 g/mol. The van der Waals surface area contributed by atoms with Gasteiger partial charge in [0.2, 0.25) is 0 Å². The third kappa shape index (κ3) is 3.31. The standard InChI is InChI=1S/C12H11BrN2/c1-3-4-9(2)15-12-6-5-11(13)7-10(12)8-14/h1,5-7,9,15H,4H2,2H3. The molecule has 0 bridgehead atoms. The number of rotatable bonds is 3. The molecule has 0 fully saturated rings. The average Bonchev–Trinajstić information content (AvgIpc) is 2.21. The lowest BCUT2D eigenvalue weighted by atomic mass is 10.1. The van der Waals surface area contributed by atoms with Crippen LogP contribution in [0.3, 0.4) is 0 Å². The zero-order chi connectivity index (χ0) is 11.3. The molecule has 0 saturated carbocycles. The van der Waals surface area contributed by atoms with Crippen molar-refractivity contribution in [3.8, 4) is 18.4 Å². The van der Waals surface area contributed by atoms with Gasteiger partial charge in [0.1, 0.15) is 6.07 Å². The van der Waals surface area contributed by atoms with E-state index in [9.17, 15) is 0 Å². The molecule has 1 N–H and O–H groups in total. The Morgan fingerprint density at radius 2 is 2.33 bits per heavy atom. The predicted molar refractivity (Wildman–Crippen MR) is 65.4 cm³/mol. The van der Waals surface area contributed by atoms with Crippen LogP contribution in [0, 0.1) is 23.7 Å². The fourth-order valence-corrected chi connectivity index (χ4v) is 1.59. The van der Waals surface area contributed by atoms with Gasteiger partial charge < -0.3 is 5.32 Å². The van der Waals surface area contributed by atoms with Gasteiger partial charge in [0.05, 0.1) is 11.3 Å². The Hall–Kier alpha value is -1.45. The molecule has 1 atom stereocenters. The van der Waals surface area contributed by atoms with Gasteiger partial charge in [-0.2, -0.15) is 5.26 Å². The van der Waals surface area contributed by atoms with Crippen molar-refractivity contribution < 1.29 is 0 Å². The fraction of sp³-hybridized carbons (Fsp3) is 0.250.